The fourth-order valence-corrected chi connectivity index (χ4v) is 3.79. The summed E-state index contributed by atoms with van der Waals surface area (Å²) in [4.78, 5) is 6.99. The van der Waals surface area contributed by atoms with E-state index in [1.54, 1.807) is 0 Å². The Morgan fingerprint density at radius 1 is 1.35 bits per heavy atom. The minimum Gasteiger partial charge on any atom is -0.302 e. The molecular weight excluding hydrogens is 312 g/mol. The van der Waals surface area contributed by atoms with Crippen molar-refractivity contribution in [1.29, 1.82) is 0 Å². The van der Waals surface area contributed by atoms with E-state index in [2.05, 4.69) is 19.0 Å². The van der Waals surface area contributed by atoms with Gasteiger partial charge in [-0.1, -0.05) is 12.5 Å². The highest BCUT2D eigenvalue weighted by Crippen LogP contribution is 2.21. The van der Waals surface area contributed by atoms with Crippen LogP contribution in [0.4, 0.5) is 0 Å². The van der Waals surface area contributed by atoms with Crippen molar-refractivity contribution in [3.8, 4) is 0 Å². The van der Waals surface area contributed by atoms with Gasteiger partial charge >= 0.3 is 0 Å². The SMILES string of the molecule is Cc1nc2ccccn2c1CN1CCCC[C@H]1CNS(C)(=O)=O. The number of nitrogens with zero attached hydrogens (tertiary/aromatic N) is 3. The maximum atomic E-state index is 11.4. The van der Waals surface area contributed by atoms with Crippen LogP contribution in [0.1, 0.15) is 30.7 Å². The van der Waals surface area contributed by atoms with E-state index >= 15 is 0 Å². The van der Waals surface area contributed by atoms with Crippen molar-refractivity contribution in [2.45, 2.75) is 38.8 Å². The van der Waals surface area contributed by atoms with Crippen LogP contribution in [0.15, 0.2) is 24.4 Å². The quantitative estimate of drug-likeness (QED) is 0.899. The number of likely N-dealkylation sites (tertiary alicyclic amines) is 1. The van der Waals surface area contributed by atoms with Crippen molar-refractivity contribution in [3.05, 3.63) is 35.8 Å². The molecule has 1 aliphatic heterocycles. The Balaban J connectivity index is 1.79. The molecule has 1 fully saturated rings. The van der Waals surface area contributed by atoms with Gasteiger partial charge in [-0.25, -0.2) is 18.1 Å². The van der Waals surface area contributed by atoms with E-state index in [-0.39, 0.29) is 6.04 Å². The molecule has 6 nitrogen and oxygen atoms in total. The lowest BCUT2D eigenvalue weighted by Gasteiger charge is -2.35. The van der Waals surface area contributed by atoms with Gasteiger partial charge in [0.1, 0.15) is 5.65 Å². The van der Waals surface area contributed by atoms with Crippen molar-refractivity contribution in [2.24, 2.45) is 0 Å². The van der Waals surface area contributed by atoms with Crippen LogP contribution in [0.3, 0.4) is 0 Å². The molecule has 2 aromatic rings. The first-order valence-electron chi connectivity index (χ1n) is 8.05. The highest BCUT2D eigenvalue weighted by atomic mass is 32.2. The number of rotatable bonds is 5. The first kappa shape index (κ1) is 16.4. The fraction of sp³-hybridized carbons (Fsp3) is 0.562. The predicted molar refractivity (Wildman–Crippen MR) is 90.8 cm³/mol. The normalized spacial score (nSPS) is 20.2. The molecule has 0 radical (unpaired) electrons. The van der Waals surface area contributed by atoms with Crippen molar-refractivity contribution >= 4 is 15.7 Å². The van der Waals surface area contributed by atoms with Crippen LogP contribution in [-0.2, 0) is 16.6 Å². The van der Waals surface area contributed by atoms with Crippen molar-refractivity contribution < 1.29 is 8.42 Å². The number of piperidine rings is 1. The molecule has 0 aromatic carbocycles. The number of fused-ring (bicyclic) bond motifs is 1. The van der Waals surface area contributed by atoms with Gasteiger partial charge in [-0.2, -0.15) is 0 Å². The summed E-state index contributed by atoms with van der Waals surface area (Å²) in [5.74, 6) is 0. The summed E-state index contributed by atoms with van der Waals surface area (Å²) < 4.78 is 27.6. The summed E-state index contributed by atoms with van der Waals surface area (Å²) in [6, 6.07) is 6.25. The molecular formula is C16H24N4O2S. The second-order valence-electron chi connectivity index (χ2n) is 6.31. The van der Waals surface area contributed by atoms with Gasteiger partial charge in [0.25, 0.3) is 0 Å². The van der Waals surface area contributed by atoms with E-state index in [9.17, 15) is 8.42 Å². The minimum absolute atomic E-state index is 0.243. The highest BCUT2D eigenvalue weighted by molar-refractivity contribution is 7.88. The summed E-state index contributed by atoms with van der Waals surface area (Å²) in [5.41, 5.74) is 3.19. The number of aromatic nitrogens is 2. The molecule has 126 valence electrons. The number of hydrogen-bond donors (Lipinski definition) is 1. The standard InChI is InChI=1S/C16H24N4O2S/c1-13-15(20-10-6-4-8-16(20)18-13)12-19-9-5-3-7-14(19)11-17-23(2,21)22/h4,6,8,10,14,17H,3,5,7,9,11-12H2,1-2H3/t14-/m0/s1. The Hall–Kier alpha value is -1.44. The Labute approximate surface area is 137 Å². The van der Waals surface area contributed by atoms with Crippen molar-refractivity contribution in [2.75, 3.05) is 19.3 Å². The molecule has 0 unspecified atom stereocenters. The largest absolute Gasteiger partial charge is 0.302 e. The van der Waals surface area contributed by atoms with Crippen molar-refractivity contribution in [1.82, 2.24) is 19.0 Å². The third-order valence-electron chi connectivity index (χ3n) is 4.51. The van der Waals surface area contributed by atoms with Gasteiger partial charge in [-0.15, -0.1) is 0 Å². The number of pyridine rings is 1. The minimum atomic E-state index is -3.15. The molecule has 2 aromatic heterocycles. The maximum absolute atomic E-state index is 11.4. The second kappa shape index (κ2) is 6.59. The summed E-state index contributed by atoms with van der Waals surface area (Å²) in [5, 5.41) is 0. The first-order valence-corrected chi connectivity index (χ1v) is 9.94. The molecule has 1 N–H and O–H groups in total. The zero-order chi connectivity index (χ0) is 16.4. The van der Waals surface area contributed by atoms with E-state index in [1.165, 1.54) is 11.9 Å². The molecule has 0 saturated carbocycles. The highest BCUT2D eigenvalue weighted by Gasteiger charge is 2.25. The van der Waals surface area contributed by atoms with Crippen LogP contribution < -0.4 is 4.72 Å². The molecule has 1 aliphatic rings. The van der Waals surface area contributed by atoms with Crippen LogP contribution in [0.2, 0.25) is 0 Å². The van der Waals surface area contributed by atoms with Gasteiger partial charge in [0.15, 0.2) is 0 Å². The van der Waals surface area contributed by atoms with Crippen LogP contribution in [0.5, 0.6) is 0 Å². The zero-order valence-corrected chi connectivity index (χ0v) is 14.5. The summed E-state index contributed by atoms with van der Waals surface area (Å²) in [7, 11) is -3.15. The molecule has 1 atom stereocenters. The van der Waals surface area contributed by atoms with E-state index < -0.39 is 10.0 Å². The summed E-state index contributed by atoms with van der Waals surface area (Å²) in [6.07, 6.45) is 6.59. The van der Waals surface area contributed by atoms with Crippen molar-refractivity contribution in [3.63, 3.8) is 0 Å². The third-order valence-corrected chi connectivity index (χ3v) is 5.20. The van der Waals surface area contributed by atoms with Gasteiger partial charge in [0.05, 0.1) is 17.6 Å². The molecule has 3 rings (SSSR count). The molecule has 0 bridgehead atoms. The molecule has 7 heteroatoms. The third kappa shape index (κ3) is 3.91. The number of aryl methyl sites for hydroxylation is 1. The average Bonchev–Trinajstić information content (AvgIpc) is 2.82. The molecule has 23 heavy (non-hydrogen) atoms. The summed E-state index contributed by atoms with van der Waals surface area (Å²) in [6.45, 7) is 4.31. The monoisotopic (exact) mass is 336 g/mol. The first-order chi connectivity index (χ1) is 10.9. The van der Waals surface area contributed by atoms with Crippen LogP contribution in [0.25, 0.3) is 5.65 Å². The van der Waals surface area contributed by atoms with Gasteiger partial charge < -0.3 is 4.40 Å². The smallest absolute Gasteiger partial charge is 0.208 e. The van der Waals surface area contributed by atoms with Gasteiger partial charge in [-0.05, 0) is 38.4 Å². The van der Waals surface area contributed by atoms with Gasteiger partial charge in [-0.3, -0.25) is 4.90 Å². The second-order valence-corrected chi connectivity index (χ2v) is 8.15. The van der Waals surface area contributed by atoms with E-state index in [0.717, 1.165) is 43.7 Å². The lowest BCUT2D eigenvalue weighted by Crippen LogP contribution is -2.46. The predicted octanol–water partition coefficient (Wildman–Crippen LogP) is 1.55. The van der Waals surface area contributed by atoms with Crippen LogP contribution in [0, 0.1) is 6.92 Å². The molecule has 0 spiro atoms. The zero-order valence-electron chi connectivity index (χ0n) is 13.7. The number of imidazole rings is 1. The van der Waals surface area contributed by atoms with E-state index in [4.69, 9.17) is 0 Å². The summed E-state index contributed by atoms with van der Waals surface area (Å²) >= 11 is 0. The molecule has 0 amide bonds. The van der Waals surface area contributed by atoms with E-state index in [1.807, 2.05) is 31.3 Å². The number of sulfonamides is 1. The lowest BCUT2D eigenvalue weighted by atomic mass is 10.0. The molecule has 3 heterocycles. The maximum Gasteiger partial charge on any atom is 0.208 e. The van der Waals surface area contributed by atoms with Crippen LogP contribution >= 0.6 is 0 Å². The fourth-order valence-electron chi connectivity index (χ4n) is 3.29. The number of nitrogens with one attached hydrogen (secondary N) is 1. The Bertz CT molecular complexity index is 784. The number of hydrogen-bond acceptors (Lipinski definition) is 4. The Morgan fingerprint density at radius 3 is 2.96 bits per heavy atom. The Kier molecular flexibility index (Phi) is 4.70. The average molecular weight is 336 g/mol. The van der Waals surface area contributed by atoms with Crippen LogP contribution in [-0.4, -0.2) is 48.1 Å². The molecule has 1 saturated heterocycles. The Morgan fingerprint density at radius 2 is 2.17 bits per heavy atom. The van der Waals surface area contributed by atoms with E-state index in [0.29, 0.717) is 6.54 Å². The lowest BCUT2D eigenvalue weighted by molar-refractivity contribution is 0.139. The van der Waals surface area contributed by atoms with Gasteiger partial charge in [0.2, 0.25) is 10.0 Å². The van der Waals surface area contributed by atoms with Gasteiger partial charge in [0, 0.05) is 25.3 Å². The topological polar surface area (TPSA) is 66.7 Å². The molecule has 0 aliphatic carbocycles.